The summed E-state index contributed by atoms with van der Waals surface area (Å²) in [6, 6.07) is 0.375. The van der Waals surface area contributed by atoms with Gasteiger partial charge in [0.1, 0.15) is 0 Å². The average molecular weight is 258 g/mol. The van der Waals surface area contributed by atoms with E-state index in [1.807, 2.05) is 11.8 Å². The van der Waals surface area contributed by atoms with Crippen molar-refractivity contribution in [2.24, 2.45) is 11.7 Å². The topological polar surface area (TPSA) is 55.1 Å². The second-order valence-electron chi connectivity index (χ2n) is 4.95. The van der Waals surface area contributed by atoms with Gasteiger partial charge in [-0.05, 0) is 31.9 Å². The SMILES string of the molecule is CCCC(CN)C(=O)NC1CCCC(SC)C1. The Morgan fingerprint density at radius 1 is 1.53 bits per heavy atom. The van der Waals surface area contributed by atoms with E-state index in [2.05, 4.69) is 18.5 Å². The lowest BCUT2D eigenvalue weighted by molar-refractivity contribution is -0.125. The molecule has 3 atom stereocenters. The summed E-state index contributed by atoms with van der Waals surface area (Å²) in [5.74, 6) is 0.177. The molecule has 0 aromatic carbocycles. The van der Waals surface area contributed by atoms with Crippen LogP contribution < -0.4 is 11.1 Å². The van der Waals surface area contributed by atoms with Gasteiger partial charge in [0.2, 0.25) is 5.91 Å². The van der Waals surface area contributed by atoms with E-state index in [1.165, 1.54) is 12.8 Å². The first-order valence-corrected chi connectivity index (χ1v) is 8.03. The summed E-state index contributed by atoms with van der Waals surface area (Å²) in [4.78, 5) is 12.0. The minimum absolute atomic E-state index is 0.00894. The Balaban J connectivity index is 2.38. The highest BCUT2D eigenvalue weighted by Gasteiger charge is 2.24. The van der Waals surface area contributed by atoms with Gasteiger partial charge in [0.05, 0.1) is 5.92 Å². The maximum Gasteiger partial charge on any atom is 0.224 e. The highest BCUT2D eigenvalue weighted by molar-refractivity contribution is 7.99. The quantitative estimate of drug-likeness (QED) is 0.767. The van der Waals surface area contributed by atoms with Crippen LogP contribution in [0.4, 0.5) is 0 Å². The molecule has 17 heavy (non-hydrogen) atoms. The van der Waals surface area contributed by atoms with E-state index in [1.54, 1.807) is 0 Å². The molecule has 3 nitrogen and oxygen atoms in total. The lowest BCUT2D eigenvalue weighted by Crippen LogP contribution is -2.43. The fraction of sp³-hybridized carbons (Fsp3) is 0.923. The van der Waals surface area contributed by atoms with Crippen LogP contribution in [0.1, 0.15) is 45.4 Å². The van der Waals surface area contributed by atoms with Crippen molar-refractivity contribution in [1.29, 1.82) is 0 Å². The Hall–Kier alpha value is -0.220. The second-order valence-corrected chi connectivity index (χ2v) is 6.09. The van der Waals surface area contributed by atoms with Crippen molar-refractivity contribution in [1.82, 2.24) is 5.32 Å². The molecule has 1 saturated carbocycles. The van der Waals surface area contributed by atoms with E-state index < -0.39 is 0 Å². The zero-order valence-corrected chi connectivity index (χ0v) is 11.9. The van der Waals surface area contributed by atoms with Crippen molar-refractivity contribution in [3.8, 4) is 0 Å². The molecule has 0 spiro atoms. The summed E-state index contributed by atoms with van der Waals surface area (Å²) in [6.07, 6.45) is 8.87. The lowest BCUT2D eigenvalue weighted by atomic mass is 9.94. The molecule has 1 fully saturated rings. The van der Waals surface area contributed by atoms with E-state index >= 15 is 0 Å². The highest BCUT2D eigenvalue weighted by atomic mass is 32.2. The Bertz CT molecular complexity index is 235. The molecule has 0 saturated heterocycles. The van der Waals surface area contributed by atoms with Gasteiger partial charge in [0, 0.05) is 17.8 Å². The third-order valence-electron chi connectivity index (χ3n) is 3.60. The van der Waals surface area contributed by atoms with Gasteiger partial charge < -0.3 is 11.1 Å². The summed E-state index contributed by atoms with van der Waals surface area (Å²) in [5, 5.41) is 3.91. The van der Waals surface area contributed by atoms with Gasteiger partial charge in [-0.3, -0.25) is 4.79 Å². The van der Waals surface area contributed by atoms with Crippen molar-refractivity contribution in [2.45, 2.75) is 56.7 Å². The predicted molar refractivity (Wildman–Crippen MR) is 75.2 cm³/mol. The molecule has 0 aromatic rings. The van der Waals surface area contributed by atoms with Crippen LogP contribution in [0.15, 0.2) is 0 Å². The molecule has 1 amide bonds. The molecule has 0 heterocycles. The minimum atomic E-state index is 0.00894. The molecule has 3 N–H and O–H groups in total. The Morgan fingerprint density at radius 3 is 2.88 bits per heavy atom. The molecule has 3 unspecified atom stereocenters. The van der Waals surface area contributed by atoms with E-state index in [9.17, 15) is 4.79 Å². The summed E-state index contributed by atoms with van der Waals surface area (Å²) in [5.41, 5.74) is 5.65. The van der Waals surface area contributed by atoms with Crippen LogP contribution in [0.5, 0.6) is 0 Å². The zero-order valence-electron chi connectivity index (χ0n) is 11.1. The van der Waals surface area contributed by atoms with Crippen LogP contribution in [0.2, 0.25) is 0 Å². The molecule has 0 aromatic heterocycles. The third-order valence-corrected chi connectivity index (χ3v) is 4.69. The zero-order chi connectivity index (χ0) is 12.7. The van der Waals surface area contributed by atoms with Crippen LogP contribution in [-0.4, -0.2) is 30.0 Å². The molecule has 0 aliphatic heterocycles. The molecule has 1 aliphatic carbocycles. The number of nitrogens with one attached hydrogen (secondary N) is 1. The molecular weight excluding hydrogens is 232 g/mol. The first-order valence-electron chi connectivity index (χ1n) is 6.74. The number of carbonyl (C=O) groups is 1. The normalized spacial score (nSPS) is 26.5. The van der Waals surface area contributed by atoms with E-state index in [-0.39, 0.29) is 11.8 Å². The third kappa shape index (κ3) is 4.88. The standard InChI is InChI=1S/C13H26N2OS/c1-3-5-10(9-14)13(16)15-11-6-4-7-12(8-11)17-2/h10-12H,3-9,14H2,1-2H3,(H,15,16). The maximum absolute atomic E-state index is 12.0. The smallest absolute Gasteiger partial charge is 0.224 e. The first-order chi connectivity index (χ1) is 8.21. The number of rotatable bonds is 6. The number of carbonyl (C=O) groups excluding carboxylic acids is 1. The largest absolute Gasteiger partial charge is 0.353 e. The molecular formula is C13H26N2OS. The molecule has 1 rings (SSSR count). The van der Waals surface area contributed by atoms with Crippen molar-refractivity contribution < 1.29 is 4.79 Å². The van der Waals surface area contributed by atoms with Crippen molar-refractivity contribution in [3.05, 3.63) is 0 Å². The van der Waals surface area contributed by atoms with E-state index in [0.29, 0.717) is 12.6 Å². The van der Waals surface area contributed by atoms with Crippen molar-refractivity contribution in [3.63, 3.8) is 0 Å². The van der Waals surface area contributed by atoms with Crippen molar-refractivity contribution >= 4 is 17.7 Å². The summed E-state index contributed by atoms with van der Waals surface area (Å²) >= 11 is 1.92. The predicted octanol–water partition coefficient (Wildman–Crippen LogP) is 2.15. The maximum atomic E-state index is 12.0. The number of thioether (sulfide) groups is 1. The highest BCUT2D eigenvalue weighted by Crippen LogP contribution is 2.27. The minimum Gasteiger partial charge on any atom is -0.353 e. The molecule has 0 bridgehead atoms. The van der Waals surface area contributed by atoms with E-state index in [4.69, 9.17) is 5.73 Å². The van der Waals surface area contributed by atoms with Crippen molar-refractivity contribution in [2.75, 3.05) is 12.8 Å². The van der Waals surface area contributed by atoms with Gasteiger partial charge in [0.15, 0.2) is 0 Å². The first kappa shape index (κ1) is 14.8. The molecule has 1 aliphatic rings. The second kappa shape index (κ2) is 7.98. The van der Waals surface area contributed by atoms with Crippen LogP contribution >= 0.6 is 11.8 Å². The molecule has 0 radical (unpaired) electrons. The summed E-state index contributed by atoms with van der Waals surface area (Å²) in [7, 11) is 0. The van der Waals surface area contributed by atoms with E-state index in [0.717, 1.165) is 30.9 Å². The van der Waals surface area contributed by atoms with Gasteiger partial charge in [-0.15, -0.1) is 0 Å². The summed E-state index contributed by atoms with van der Waals surface area (Å²) in [6.45, 7) is 2.57. The average Bonchev–Trinajstić information content (AvgIpc) is 2.36. The van der Waals surface area contributed by atoms with Crippen LogP contribution in [0.25, 0.3) is 0 Å². The molecule has 4 heteroatoms. The van der Waals surface area contributed by atoms with Gasteiger partial charge >= 0.3 is 0 Å². The fourth-order valence-electron chi connectivity index (χ4n) is 2.51. The van der Waals surface area contributed by atoms with Crippen LogP contribution in [0, 0.1) is 5.92 Å². The van der Waals surface area contributed by atoms with Gasteiger partial charge in [0.25, 0.3) is 0 Å². The van der Waals surface area contributed by atoms with Crippen LogP contribution in [-0.2, 0) is 4.79 Å². The van der Waals surface area contributed by atoms with Gasteiger partial charge in [-0.2, -0.15) is 11.8 Å². The Labute approximate surface area is 109 Å². The number of nitrogens with two attached hydrogens (primary N) is 1. The molecule has 100 valence electrons. The van der Waals surface area contributed by atoms with Gasteiger partial charge in [-0.1, -0.05) is 19.8 Å². The summed E-state index contributed by atoms with van der Waals surface area (Å²) < 4.78 is 0. The monoisotopic (exact) mass is 258 g/mol. The number of hydrogen-bond acceptors (Lipinski definition) is 3. The Kier molecular flexibility index (Phi) is 6.97. The van der Waals surface area contributed by atoms with Gasteiger partial charge in [-0.25, -0.2) is 0 Å². The number of hydrogen-bond donors (Lipinski definition) is 2. The van der Waals surface area contributed by atoms with Crippen LogP contribution in [0.3, 0.4) is 0 Å². The Morgan fingerprint density at radius 2 is 2.29 bits per heavy atom. The number of amides is 1. The lowest BCUT2D eigenvalue weighted by Gasteiger charge is -2.29. The fourth-order valence-corrected chi connectivity index (χ4v) is 3.34.